The SMILES string of the molecule is CC(CCCN)C(C)(C(=O)O)N(C)C. The van der Waals surface area contributed by atoms with E-state index in [9.17, 15) is 9.90 Å². The first-order chi connectivity index (χ1) is 6.37. The number of hydrogen-bond donors (Lipinski definition) is 2. The highest BCUT2D eigenvalue weighted by Crippen LogP contribution is 2.26. The van der Waals surface area contributed by atoms with E-state index in [2.05, 4.69) is 0 Å². The van der Waals surface area contributed by atoms with Gasteiger partial charge in [-0.2, -0.15) is 0 Å². The van der Waals surface area contributed by atoms with E-state index in [0.29, 0.717) is 6.54 Å². The summed E-state index contributed by atoms with van der Waals surface area (Å²) in [5, 5.41) is 9.20. The normalized spacial score (nSPS) is 17.9. The molecule has 0 amide bonds. The number of nitrogens with zero attached hydrogens (tertiary/aromatic N) is 1. The second-order valence-electron chi connectivity index (χ2n) is 4.18. The van der Waals surface area contributed by atoms with E-state index >= 15 is 0 Å². The molecular weight excluding hydrogens is 180 g/mol. The molecule has 0 aliphatic carbocycles. The number of likely N-dealkylation sites (N-methyl/N-ethyl adjacent to an activating group) is 1. The summed E-state index contributed by atoms with van der Waals surface area (Å²) in [5.41, 5.74) is 4.61. The number of rotatable bonds is 6. The number of nitrogens with two attached hydrogens (primary N) is 1. The lowest BCUT2D eigenvalue weighted by molar-refractivity contribution is -0.152. The van der Waals surface area contributed by atoms with Crippen LogP contribution < -0.4 is 5.73 Å². The fraction of sp³-hybridized carbons (Fsp3) is 0.900. The van der Waals surface area contributed by atoms with Crippen LogP contribution >= 0.6 is 0 Å². The maximum absolute atomic E-state index is 11.2. The molecule has 0 aliphatic rings. The lowest BCUT2D eigenvalue weighted by Crippen LogP contribution is -2.53. The van der Waals surface area contributed by atoms with Crippen LogP contribution in [0.15, 0.2) is 0 Å². The van der Waals surface area contributed by atoms with Crippen LogP contribution in [-0.4, -0.2) is 42.2 Å². The molecule has 0 fully saturated rings. The van der Waals surface area contributed by atoms with Crippen molar-refractivity contribution < 1.29 is 9.90 Å². The molecule has 2 unspecified atom stereocenters. The van der Waals surface area contributed by atoms with Crippen LogP contribution in [0.5, 0.6) is 0 Å². The van der Waals surface area contributed by atoms with Gasteiger partial charge in [-0.25, -0.2) is 0 Å². The lowest BCUT2D eigenvalue weighted by Gasteiger charge is -2.37. The Hall–Kier alpha value is -0.610. The number of hydrogen-bond acceptors (Lipinski definition) is 3. The third-order valence-corrected chi connectivity index (χ3v) is 3.16. The minimum atomic E-state index is -0.796. The van der Waals surface area contributed by atoms with Crippen molar-refractivity contribution in [1.29, 1.82) is 0 Å². The van der Waals surface area contributed by atoms with Crippen LogP contribution in [0.4, 0.5) is 0 Å². The number of carbonyl (C=O) groups is 1. The Balaban J connectivity index is 4.56. The zero-order chi connectivity index (χ0) is 11.4. The molecular formula is C10H22N2O2. The molecule has 0 saturated heterocycles. The molecule has 0 saturated carbocycles. The van der Waals surface area contributed by atoms with Gasteiger partial charge in [0.1, 0.15) is 5.54 Å². The first-order valence-electron chi connectivity index (χ1n) is 4.98. The van der Waals surface area contributed by atoms with Gasteiger partial charge in [-0.05, 0) is 46.3 Å². The zero-order valence-corrected chi connectivity index (χ0v) is 9.58. The first kappa shape index (κ1) is 13.4. The van der Waals surface area contributed by atoms with Crippen LogP contribution in [0, 0.1) is 5.92 Å². The molecule has 14 heavy (non-hydrogen) atoms. The van der Waals surface area contributed by atoms with Gasteiger partial charge in [0, 0.05) is 0 Å². The van der Waals surface area contributed by atoms with Gasteiger partial charge in [-0.15, -0.1) is 0 Å². The Labute approximate surface area is 86.1 Å². The molecule has 0 aromatic rings. The summed E-state index contributed by atoms with van der Waals surface area (Å²) in [4.78, 5) is 13.0. The fourth-order valence-electron chi connectivity index (χ4n) is 1.55. The maximum Gasteiger partial charge on any atom is 0.324 e. The van der Waals surface area contributed by atoms with E-state index in [0.717, 1.165) is 12.8 Å². The predicted octanol–water partition coefficient (Wildman–Crippen LogP) is 0.766. The van der Waals surface area contributed by atoms with Gasteiger partial charge in [0.15, 0.2) is 0 Å². The molecule has 0 radical (unpaired) electrons. The molecule has 0 rings (SSSR count). The molecule has 0 spiro atoms. The van der Waals surface area contributed by atoms with Crippen LogP contribution in [0.25, 0.3) is 0 Å². The highest BCUT2D eigenvalue weighted by molar-refractivity contribution is 5.78. The van der Waals surface area contributed by atoms with E-state index in [1.807, 2.05) is 6.92 Å². The van der Waals surface area contributed by atoms with E-state index in [4.69, 9.17) is 5.73 Å². The van der Waals surface area contributed by atoms with Crippen molar-refractivity contribution in [1.82, 2.24) is 4.90 Å². The van der Waals surface area contributed by atoms with Crippen LogP contribution in [0.1, 0.15) is 26.7 Å². The Bertz CT molecular complexity index is 195. The average Bonchev–Trinajstić information content (AvgIpc) is 2.11. The summed E-state index contributed by atoms with van der Waals surface area (Å²) in [7, 11) is 3.60. The van der Waals surface area contributed by atoms with Gasteiger partial charge in [0.2, 0.25) is 0 Å². The van der Waals surface area contributed by atoms with Gasteiger partial charge >= 0.3 is 5.97 Å². The monoisotopic (exact) mass is 202 g/mol. The van der Waals surface area contributed by atoms with Crippen molar-refractivity contribution in [3.05, 3.63) is 0 Å². The van der Waals surface area contributed by atoms with E-state index in [1.165, 1.54) is 0 Å². The summed E-state index contributed by atoms with van der Waals surface area (Å²) >= 11 is 0. The van der Waals surface area contributed by atoms with Crippen LogP contribution in [0.2, 0.25) is 0 Å². The minimum Gasteiger partial charge on any atom is -0.480 e. The molecule has 0 aliphatic heterocycles. The third kappa shape index (κ3) is 2.69. The van der Waals surface area contributed by atoms with Crippen molar-refractivity contribution in [2.45, 2.75) is 32.2 Å². The van der Waals surface area contributed by atoms with E-state index in [-0.39, 0.29) is 5.92 Å². The molecule has 0 aromatic heterocycles. The van der Waals surface area contributed by atoms with Gasteiger partial charge < -0.3 is 10.8 Å². The molecule has 4 nitrogen and oxygen atoms in total. The summed E-state index contributed by atoms with van der Waals surface area (Å²) in [6, 6.07) is 0. The molecule has 3 N–H and O–H groups in total. The highest BCUT2D eigenvalue weighted by atomic mass is 16.4. The van der Waals surface area contributed by atoms with Crippen LogP contribution in [-0.2, 0) is 4.79 Å². The molecule has 84 valence electrons. The predicted molar refractivity (Wildman–Crippen MR) is 57.2 cm³/mol. The largest absolute Gasteiger partial charge is 0.480 e. The van der Waals surface area contributed by atoms with Crippen molar-refractivity contribution in [3.63, 3.8) is 0 Å². The summed E-state index contributed by atoms with van der Waals surface area (Å²) in [5.74, 6) is -0.675. The topological polar surface area (TPSA) is 66.6 Å². The van der Waals surface area contributed by atoms with Gasteiger partial charge in [-0.3, -0.25) is 9.69 Å². The van der Waals surface area contributed by atoms with Crippen LogP contribution in [0.3, 0.4) is 0 Å². The second-order valence-corrected chi connectivity index (χ2v) is 4.18. The Morgan fingerprint density at radius 3 is 2.36 bits per heavy atom. The smallest absolute Gasteiger partial charge is 0.324 e. The lowest BCUT2D eigenvalue weighted by atomic mass is 9.83. The number of carboxylic acid groups (broad SMARTS) is 1. The first-order valence-corrected chi connectivity index (χ1v) is 4.98. The maximum atomic E-state index is 11.2. The standard InChI is InChI=1S/C10H22N2O2/c1-8(6-5-7-11)10(2,9(13)14)12(3)4/h8H,5-7,11H2,1-4H3,(H,13,14). The van der Waals surface area contributed by atoms with E-state index < -0.39 is 11.5 Å². The molecule has 0 aromatic carbocycles. The molecule has 0 bridgehead atoms. The van der Waals surface area contributed by atoms with E-state index in [1.54, 1.807) is 25.9 Å². The average molecular weight is 202 g/mol. The summed E-state index contributed by atoms with van der Waals surface area (Å²) in [6.07, 6.45) is 1.72. The third-order valence-electron chi connectivity index (χ3n) is 3.16. The second kappa shape index (κ2) is 5.32. The molecule has 0 heterocycles. The fourth-order valence-corrected chi connectivity index (χ4v) is 1.55. The molecule has 2 atom stereocenters. The Morgan fingerprint density at radius 1 is 1.57 bits per heavy atom. The zero-order valence-electron chi connectivity index (χ0n) is 9.58. The van der Waals surface area contributed by atoms with Gasteiger partial charge in [-0.1, -0.05) is 6.92 Å². The van der Waals surface area contributed by atoms with Gasteiger partial charge in [0.05, 0.1) is 0 Å². The Kier molecular flexibility index (Phi) is 5.08. The summed E-state index contributed by atoms with van der Waals surface area (Å²) < 4.78 is 0. The quantitative estimate of drug-likeness (QED) is 0.667. The van der Waals surface area contributed by atoms with Crippen molar-refractivity contribution in [2.75, 3.05) is 20.6 Å². The van der Waals surface area contributed by atoms with Crippen molar-refractivity contribution in [3.8, 4) is 0 Å². The number of aliphatic carboxylic acids is 1. The summed E-state index contributed by atoms with van der Waals surface area (Å²) in [6.45, 7) is 4.34. The highest BCUT2D eigenvalue weighted by Gasteiger charge is 2.40. The minimum absolute atomic E-state index is 0.0959. The van der Waals surface area contributed by atoms with Crippen molar-refractivity contribution in [2.24, 2.45) is 11.7 Å². The van der Waals surface area contributed by atoms with Gasteiger partial charge in [0.25, 0.3) is 0 Å². The Morgan fingerprint density at radius 2 is 2.07 bits per heavy atom. The molecule has 4 heteroatoms. The van der Waals surface area contributed by atoms with Crippen molar-refractivity contribution >= 4 is 5.97 Å². The number of carboxylic acids is 1.